The van der Waals surface area contributed by atoms with E-state index >= 15 is 0 Å². The molecule has 7 nitrogen and oxygen atoms in total. The molecule has 2 aliphatic rings. The van der Waals surface area contributed by atoms with E-state index in [2.05, 4.69) is 11.6 Å². The Morgan fingerprint density at radius 3 is 2.66 bits per heavy atom. The lowest BCUT2D eigenvalue weighted by molar-refractivity contribution is -0.146. The molecule has 0 saturated carbocycles. The van der Waals surface area contributed by atoms with Gasteiger partial charge in [0.2, 0.25) is 0 Å². The number of carbonyl (C=O) groups is 3. The summed E-state index contributed by atoms with van der Waals surface area (Å²) in [6.45, 7) is 7.84. The molecule has 0 bridgehead atoms. The number of fused-ring (bicyclic) bond motifs is 1. The van der Waals surface area contributed by atoms with Gasteiger partial charge in [0.15, 0.2) is 10.4 Å². The zero-order chi connectivity index (χ0) is 21.0. The summed E-state index contributed by atoms with van der Waals surface area (Å²) in [6, 6.07) is 0. The predicted molar refractivity (Wildman–Crippen MR) is 114 cm³/mol. The molecule has 29 heavy (non-hydrogen) atoms. The molecule has 1 unspecified atom stereocenters. The topological polar surface area (TPSA) is 85.3 Å². The summed E-state index contributed by atoms with van der Waals surface area (Å²) in [5.74, 6) is -1.36. The minimum atomic E-state index is -0.991. The molecule has 0 spiro atoms. The molecule has 2 heterocycles. The molecule has 156 valence electrons. The van der Waals surface area contributed by atoms with Crippen LogP contribution in [0.2, 0.25) is 0 Å². The van der Waals surface area contributed by atoms with Crippen molar-refractivity contribution in [1.82, 2.24) is 4.90 Å². The fourth-order valence-corrected chi connectivity index (χ4v) is 5.68. The number of thiophene rings is 1. The van der Waals surface area contributed by atoms with Gasteiger partial charge in [0.25, 0.3) is 5.91 Å². The molecule has 1 aromatic heterocycles. The van der Waals surface area contributed by atoms with Gasteiger partial charge < -0.3 is 9.47 Å². The van der Waals surface area contributed by atoms with Crippen LogP contribution in [0.25, 0.3) is 0 Å². The van der Waals surface area contributed by atoms with E-state index in [-0.39, 0.29) is 25.7 Å². The molecular formula is C20H24N2O5S2. The van der Waals surface area contributed by atoms with Gasteiger partial charge in [-0.3, -0.25) is 14.5 Å². The highest BCUT2D eigenvalue weighted by Gasteiger charge is 2.43. The number of esters is 2. The Morgan fingerprint density at radius 2 is 1.97 bits per heavy atom. The second-order valence-electron chi connectivity index (χ2n) is 6.49. The average Bonchev–Trinajstić information content (AvgIpc) is 3.21. The van der Waals surface area contributed by atoms with Crippen molar-refractivity contribution in [3.8, 4) is 0 Å². The standard InChI is InChI=1S/C20H24N2O5S2/c1-4-11-22-17(23)15(19(25)27-6-3)29-20(22)21-16-14(18(24)26-5-2)12-9-7-8-10-13(12)28-16/h4,15H,1,5-11H2,2-3H3/b21-20-. The van der Waals surface area contributed by atoms with Crippen molar-refractivity contribution in [1.29, 1.82) is 0 Å². The van der Waals surface area contributed by atoms with Crippen molar-refractivity contribution in [3.05, 3.63) is 28.7 Å². The summed E-state index contributed by atoms with van der Waals surface area (Å²) >= 11 is 2.51. The number of carbonyl (C=O) groups excluding carboxylic acids is 3. The minimum Gasteiger partial charge on any atom is -0.465 e. The maximum Gasteiger partial charge on any atom is 0.341 e. The van der Waals surface area contributed by atoms with E-state index in [1.54, 1.807) is 19.9 Å². The first-order valence-corrected chi connectivity index (χ1v) is 11.4. The molecule has 0 N–H and O–H groups in total. The maximum atomic E-state index is 12.7. The molecule has 1 aliphatic carbocycles. The Balaban J connectivity index is 2.02. The molecule has 3 rings (SSSR count). The molecule has 1 aromatic rings. The van der Waals surface area contributed by atoms with Gasteiger partial charge >= 0.3 is 11.9 Å². The summed E-state index contributed by atoms with van der Waals surface area (Å²) in [6.07, 6.45) is 5.40. The summed E-state index contributed by atoms with van der Waals surface area (Å²) < 4.78 is 10.3. The first kappa shape index (κ1) is 21.6. The van der Waals surface area contributed by atoms with Gasteiger partial charge in [0.1, 0.15) is 5.00 Å². The highest BCUT2D eigenvalue weighted by atomic mass is 32.2. The summed E-state index contributed by atoms with van der Waals surface area (Å²) in [5, 5.41) is -0.0874. The van der Waals surface area contributed by atoms with Gasteiger partial charge in [-0.1, -0.05) is 17.8 Å². The van der Waals surface area contributed by atoms with Crippen LogP contribution in [0.3, 0.4) is 0 Å². The molecule has 1 aliphatic heterocycles. The van der Waals surface area contributed by atoms with Crippen molar-refractivity contribution in [3.63, 3.8) is 0 Å². The van der Waals surface area contributed by atoms with Gasteiger partial charge in [0.05, 0.1) is 18.8 Å². The third-order valence-electron chi connectivity index (χ3n) is 4.59. The quantitative estimate of drug-likeness (QED) is 0.370. The van der Waals surface area contributed by atoms with E-state index in [9.17, 15) is 14.4 Å². The van der Waals surface area contributed by atoms with Crippen LogP contribution in [-0.2, 0) is 31.9 Å². The SMILES string of the molecule is C=CCN1C(=O)C(C(=O)OCC)S/C1=N\c1sc2c(c1C(=O)OCC)CCCC2. The van der Waals surface area contributed by atoms with Crippen LogP contribution in [0.15, 0.2) is 17.6 Å². The molecule has 0 aromatic carbocycles. The largest absolute Gasteiger partial charge is 0.465 e. The first-order valence-electron chi connectivity index (χ1n) is 9.67. The number of aliphatic imine (C=N–C) groups is 1. The number of hydrogen-bond donors (Lipinski definition) is 0. The fraction of sp³-hybridized carbons (Fsp3) is 0.500. The normalized spacial score (nSPS) is 19.9. The van der Waals surface area contributed by atoms with Gasteiger partial charge in [-0.25, -0.2) is 9.79 Å². The molecular weight excluding hydrogens is 412 g/mol. The molecule has 1 saturated heterocycles. The van der Waals surface area contributed by atoms with Crippen LogP contribution < -0.4 is 0 Å². The van der Waals surface area contributed by atoms with E-state index in [0.29, 0.717) is 15.7 Å². The van der Waals surface area contributed by atoms with Crippen molar-refractivity contribution in [2.24, 2.45) is 4.99 Å². The predicted octanol–water partition coefficient (Wildman–Crippen LogP) is 3.48. The maximum absolute atomic E-state index is 12.7. The number of hydrogen-bond acceptors (Lipinski definition) is 8. The van der Waals surface area contributed by atoms with Crippen LogP contribution in [0.1, 0.15) is 47.5 Å². The second-order valence-corrected chi connectivity index (χ2v) is 8.65. The smallest absolute Gasteiger partial charge is 0.341 e. The Bertz CT molecular complexity index is 861. The number of amides is 1. The summed E-state index contributed by atoms with van der Waals surface area (Å²) in [7, 11) is 0. The van der Waals surface area contributed by atoms with Crippen molar-refractivity contribution in [2.75, 3.05) is 19.8 Å². The molecule has 9 heteroatoms. The molecule has 1 amide bonds. The Labute approximate surface area is 178 Å². The number of thioether (sulfide) groups is 1. The lowest BCUT2D eigenvalue weighted by Crippen LogP contribution is -2.35. The zero-order valence-electron chi connectivity index (χ0n) is 16.6. The summed E-state index contributed by atoms with van der Waals surface area (Å²) in [5.41, 5.74) is 1.50. The number of nitrogens with zero attached hydrogens (tertiary/aromatic N) is 2. The number of ether oxygens (including phenoxy) is 2. The summed E-state index contributed by atoms with van der Waals surface area (Å²) in [4.78, 5) is 44.7. The van der Waals surface area contributed by atoms with Crippen molar-refractivity contribution >= 4 is 51.1 Å². The van der Waals surface area contributed by atoms with Gasteiger partial charge in [0, 0.05) is 11.4 Å². The van der Waals surface area contributed by atoms with Crippen molar-refractivity contribution in [2.45, 2.75) is 44.8 Å². The van der Waals surface area contributed by atoms with Crippen molar-refractivity contribution < 1.29 is 23.9 Å². The van der Waals surface area contributed by atoms with Gasteiger partial charge in [-0.05, 0) is 45.1 Å². The van der Waals surface area contributed by atoms with E-state index in [1.165, 1.54) is 16.2 Å². The number of aryl methyl sites for hydroxylation is 1. The van der Waals surface area contributed by atoms with Crippen LogP contribution in [0.5, 0.6) is 0 Å². The van der Waals surface area contributed by atoms with Crippen LogP contribution in [-0.4, -0.2) is 52.9 Å². The average molecular weight is 437 g/mol. The van der Waals surface area contributed by atoms with E-state index in [1.807, 2.05) is 0 Å². The lowest BCUT2D eigenvalue weighted by atomic mass is 9.95. The van der Waals surface area contributed by atoms with Crippen LogP contribution in [0.4, 0.5) is 5.00 Å². The fourth-order valence-electron chi connectivity index (χ4n) is 3.34. The molecule has 1 atom stereocenters. The van der Waals surface area contributed by atoms with Crippen LogP contribution >= 0.6 is 23.1 Å². The van der Waals surface area contributed by atoms with E-state index in [4.69, 9.17) is 9.47 Å². The highest BCUT2D eigenvalue weighted by Crippen LogP contribution is 2.42. The number of rotatable bonds is 7. The van der Waals surface area contributed by atoms with E-state index in [0.717, 1.165) is 47.9 Å². The first-order chi connectivity index (χ1) is 14.0. The highest BCUT2D eigenvalue weighted by molar-refractivity contribution is 8.16. The van der Waals surface area contributed by atoms with Crippen LogP contribution in [0, 0.1) is 0 Å². The molecule has 1 fully saturated rings. The third kappa shape index (κ3) is 4.40. The second kappa shape index (κ2) is 9.58. The lowest BCUT2D eigenvalue weighted by Gasteiger charge is -2.13. The molecule has 0 radical (unpaired) electrons. The van der Waals surface area contributed by atoms with Gasteiger partial charge in [-0.2, -0.15) is 0 Å². The van der Waals surface area contributed by atoms with Gasteiger partial charge in [-0.15, -0.1) is 17.9 Å². The zero-order valence-corrected chi connectivity index (χ0v) is 18.2. The number of amidine groups is 1. The third-order valence-corrected chi connectivity index (χ3v) is 6.92. The minimum absolute atomic E-state index is 0.196. The Kier molecular flexibility index (Phi) is 7.13. The Hall–Kier alpha value is -2.13. The Morgan fingerprint density at radius 1 is 1.24 bits per heavy atom. The van der Waals surface area contributed by atoms with E-state index < -0.39 is 17.2 Å². The monoisotopic (exact) mass is 436 g/mol.